The molecule has 0 heterocycles. The van der Waals surface area contributed by atoms with Crippen LogP contribution < -0.4 is 15.9 Å². The Morgan fingerprint density at radius 2 is 0.821 bits per heavy atom. The van der Waals surface area contributed by atoms with Crippen LogP contribution in [0.15, 0.2) is 121 Å². The number of hydrogen-bond acceptors (Lipinski definition) is 1. The third-order valence-corrected chi connectivity index (χ3v) is 9.37. The van der Waals surface area contributed by atoms with Gasteiger partial charge in [0.2, 0.25) is 5.78 Å². The van der Waals surface area contributed by atoms with Crippen molar-refractivity contribution >= 4 is 29.0 Å². The van der Waals surface area contributed by atoms with E-state index in [1.54, 1.807) is 0 Å². The Labute approximate surface area is 167 Å². The number of carbonyl (C=O) groups is 1. The van der Waals surface area contributed by atoms with Crippen LogP contribution in [-0.4, -0.2) is 11.9 Å². The van der Waals surface area contributed by atoms with E-state index in [-0.39, 0.29) is 5.78 Å². The highest BCUT2D eigenvalue weighted by Gasteiger charge is 2.47. The van der Waals surface area contributed by atoms with Gasteiger partial charge in [0.1, 0.15) is 29.3 Å². The zero-order chi connectivity index (χ0) is 19.2. The second kappa shape index (κ2) is 8.33. The monoisotopic (exact) mass is 381 g/mol. The summed E-state index contributed by atoms with van der Waals surface area (Å²) in [6, 6.07) is 41.2. The molecular formula is C26H22OP+. The lowest BCUT2D eigenvalue weighted by Crippen LogP contribution is -2.35. The van der Waals surface area contributed by atoms with Gasteiger partial charge in [0.15, 0.2) is 0 Å². The molecule has 0 spiro atoms. The fraction of sp³-hybridized carbons (Fsp3) is 0.0385. The van der Waals surface area contributed by atoms with Gasteiger partial charge in [-0.05, 0) is 36.4 Å². The van der Waals surface area contributed by atoms with E-state index in [1.807, 2.05) is 48.5 Å². The summed E-state index contributed by atoms with van der Waals surface area (Å²) >= 11 is 0. The molecule has 0 fully saturated rings. The number of hydrogen-bond donors (Lipinski definition) is 0. The van der Waals surface area contributed by atoms with Crippen molar-refractivity contribution in [2.24, 2.45) is 0 Å². The first-order valence-corrected chi connectivity index (χ1v) is 11.4. The van der Waals surface area contributed by atoms with Gasteiger partial charge in [-0.2, -0.15) is 0 Å². The van der Waals surface area contributed by atoms with Crippen molar-refractivity contribution in [2.45, 2.75) is 0 Å². The molecule has 4 aromatic rings. The predicted molar refractivity (Wildman–Crippen MR) is 121 cm³/mol. The standard InChI is InChI=1S/C26H22OP/c27-26(22-13-5-1-6-14-22)21-28(23-15-7-2-8-16-23,24-17-9-3-10-18-24)25-19-11-4-12-20-25/h1-20H,21H2/q+1. The smallest absolute Gasteiger partial charge is 0.201 e. The number of carbonyl (C=O) groups excluding carboxylic acids is 1. The van der Waals surface area contributed by atoms with E-state index < -0.39 is 7.26 Å². The number of rotatable bonds is 6. The van der Waals surface area contributed by atoms with Gasteiger partial charge in [-0.1, -0.05) is 84.9 Å². The summed E-state index contributed by atoms with van der Waals surface area (Å²) in [5.74, 6) is 0.186. The van der Waals surface area contributed by atoms with Gasteiger partial charge in [0.25, 0.3) is 0 Å². The lowest BCUT2D eigenvalue weighted by molar-refractivity contribution is 0.102. The van der Waals surface area contributed by atoms with Crippen molar-refractivity contribution in [3.05, 3.63) is 127 Å². The molecule has 136 valence electrons. The van der Waals surface area contributed by atoms with Crippen LogP contribution in [0.5, 0.6) is 0 Å². The number of Topliss-reactive ketones (excluding diaryl/α,β-unsaturated/α-hetero) is 1. The Morgan fingerprint density at radius 1 is 0.500 bits per heavy atom. The normalized spacial score (nSPS) is 11.1. The van der Waals surface area contributed by atoms with E-state index >= 15 is 0 Å². The van der Waals surface area contributed by atoms with E-state index in [4.69, 9.17) is 0 Å². The molecule has 0 saturated heterocycles. The third-order valence-electron chi connectivity index (χ3n) is 5.07. The Hall–Kier alpha value is -3.02. The van der Waals surface area contributed by atoms with Gasteiger partial charge in [0, 0.05) is 5.56 Å². The lowest BCUT2D eigenvalue weighted by Gasteiger charge is -2.27. The van der Waals surface area contributed by atoms with E-state index in [1.165, 1.54) is 15.9 Å². The number of ketones is 1. The fourth-order valence-corrected chi connectivity index (χ4v) is 7.80. The molecule has 0 aliphatic carbocycles. The summed E-state index contributed by atoms with van der Waals surface area (Å²) in [5.41, 5.74) is 0.773. The summed E-state index contributed by atoms with van der Waals surface area (Å²) in [7, 11) is -2.12. The zero-order valence-corrected chi connectivity index (χ0v) is 16.5. The first-order chi connectivity index (χ1) is 13.8. The van der Waals surface area contributed by atoms with Crippen LogP contribution in [0.2, 0.25) is 0 Å². The molecule has 0 aromatic heterocycles. The van der Waals surface area contributed by atoms with Crippen LogP contribution in [0.1, 0.15) is 10.4 Å². The highest BCUT2D eigenvalue weighted by atomic mass is 31.2. The van der Waals surface area contributed by atoms with Gasteiger partial charge < -0.3 is 0 Å². The minimum Gasteiger partial charge on any atom is -0.290 e. The first-order valence-electron chi connectivity index (χ1n) is 9.44. The molecule has 4 aromatic carbocycles. The summed E-state index contributed by atoms with van der Waals surface area (Å²) < 4.78 is 0. The van der Waals surface area contributed by atoms with Crippen molar-refractivity contribution < 1.29 is 4.79 Å². The van der Waals surface area contributed by atoms with Crippen LogP contribution >= 0.6 is 7.26 Å². The quantitative estimate of drug-likeness (QED) is 0.344. The molecule has 0 unspecified atom stereocenters. The first kappa shape index (κ1) is 18.3. The molecule has 4 rings (SSSR count). The fourth-order valence-electron chi connectivity index (χ4n) is 3.70. The maximum Gasteiger partial charge on any atom is 0.201 e. The average molecular weight is 381 g/mol. The summed E-state index contributed by atoms with van der Waals surface area (Å²) in [6.07, 6.45) is 0.481. The van der Waals surface area contributed by atoms with Gasteiger partial charge >= 0.3 is 0 Å². The summed E-state index contributed by atoms with van der Waals surface area (Å²) in [5, 5.41) is 3.70. The van der Waals surface area contributed by atoms with Gasteiger partial charge in [-0.15, -0.1) is 0 Å². The van der Waals surface area contributed by atoms with E-state index in [0.29, 0.717) is 6.16 Å². The second-order valence-corrected chi connectivity index (χ2v) is 10.2. The molecule has 0 aliphatic rings. The number of benzene rings is 4. The van der Waals surface area contributed by atoms with Gasteiger partial charge in [-0.3, -0.25) is 4.79 Å². The van der Waals surface area contributed by atoms with Crippen molar-refractivity contribution in [1.82, 2.24) is 0 Å². The molecule has 28 heavy (non-hydrogen) atoms. The Kier molecular flexibility index (Phi) is 5.46. The molecule has 1 nitrogen and oxygen atoms in total. The third kappa shape index (κ3) is 3.54. The van der Waals surface area contributed by atoms with Crippen LogP contribution in [0, 0.1) is 0 Å². The summed E-state index contributed by atoms with van der Waals surface area (Å²) in [6.45, 7) is 0. The van der Waals surface area contributed by atoms with Crippen LogP contribution in [0.3, 0.4) is 0 Å². The molecule has 0 aliphatic heterocycles. The van der Waals surface area contributed by atoms with Crippen molar-refractivity contribution in [1.29, 1.82) is 0 Å². The highest BCUT2D eigenvalue weighted by molar-refractivity contribution is 7.96. The minimum absolute atomic E-state index is 0.186. The van der Waals surface area contributed by atoms with Crippen LogP contribution in [0.25, 0.3) is 0 Å². The molecule has 2 heteroatoms. The highest BCUT2D eigenvalue weighted by Crippen LogP contribution is 2.55. The zero-order valence-electron chi connectivity index (χ0n) is 15.6. The average Bonchev–Trinajstić information content (AvgIpc) is 2.80. The molecule has 0 radical (unpaired) electrons. The largest absolute Gasteiger partial charge is 0.290 e. The Morgan fingerprint density at radius 3 is 1.18 bits per heavy atom. The molecule has 0 atom stereocenters. The Bertz CT molecular complexity index is 932. The van der Waals surface area contributed by atoms with Crippen molar-refractivity contribution in [3.63, 3.8) is 0 Å². The molecular weight excluding hydrogens is 359 g/mol. The predicted octanol–water partition coefficient (Wildman–Crippen LogP) is 4.86. The molecule has 0 amide bonds. The molecule has 0 bridgehead atoms. The van der Waals surface area contributed by atoms with E-state index in [2.05, 4.69) is 72.8 Å². The van der Waals surface area contributed by atoms with Crippen molar-refractivity contribution in [2.75, 3.05) is 6.16 Å². The maximum absolute atomic E-state index is 13.4. The molecule has 0 N–H and O–H groups in total. The summed E-state index contributed by atoms with van der Waals surface area (Å²) in [4.78, 5) is 13.4. The minimum atomic E-state index is -2.12. The van der Waals surface area contributed by atoms with Crippen LogP contribution in [0.4, 0.5) is 0 Å². The SMILES string of the molecule is O=C(C[P+](c1ccccc1)(c1ccccc1)c1ccccc1)c1ccccc1. The maximum atomic E-state index is 13.4. The molecule has 0 saturated carbocycles. The lowest BCUT2D eigenvalue weighted by atomic mass is 10.2. The Balaban J connectivity index is 1.95. The van der Waals surface area contributed by atoms with E-state index in [0.717, 1.165) is 5.56 Å². The van der Waals surface area contributed by atoms with Crippen molar-refractivity contribution in [3.8, 4) is 0 Å². The topological polar surface area (TPSA) is 17.1 Å². The van der Waals surface area contributed by atoms with E-state index in [9.17, 15) is 4.79 Å². The second-order valence-electron chi connectivity index (χ2n) is 6.76. The van der Waals surface area contributed by atoms with Gasteiger partial charge in [-0.25, -0.2) is 0 Å². The van der Waals surface area contributed by atoms with Crippen LogP contribution in [-0.2, 0) is 0 Å². The van der Waals surface area contributed by atoms with Gasteiger partial charge in [0.05, 0.1) is 0 Å².